The molecule has 0 radical (unpaired) electrons. The second kappa shape index (κ2) is 9.32. The fourth-order valence-electron chi connectivity index (χ4n) is 2.47. The Morgan fingerprint density at radius 3 is 2.43 bits per heavy atom. The largest absolute Gasteiger partial charge is 0.489 e. The molecule has 0 fully saturated rings. The lowest BCUT2D eigenvalue weighted by molar-refractivity contribution is -0.384. The quantitative estimate of drug-likeness (QED) is 0.314. The first kappa shape index (κ1) is 19.1. The monoisotopic (exact) mass is 376 g/mol. The zero-order valence-corrected chi connectivity index (χ0v) is 15.4. The van der Waals surface area contributed by atoms with Crippen LogP contribution in [0.5, 0.6) is 5.75 Å². The Morgan fingerprint density at radius 1 is 0.964 bits per heavy atom. The van der Waals surface area contributed by atoms with E-state index in [4.69, 9.17) is 9.57 Å². The first-order valence-electron chi connectivity index (χ1n) is 8.77. The first-order chi connectivity index (χ1) is 13.6. The van der Waals surface area contributed by atoms with Crippen LogP contribution in [0.4, 0.5) is 5.69 Å². The summed E-state index contributed by atoms with van der Waals surface area (Å²) in [5.74, 6) is 0.773. The molecule has 0 saturated heterocycles. The third-order valence-electron chi connectivity index (χ3n) is 4.04. The first-order valence-corrected chi connectivity index (χ1v) is 8.77. The van der Waals surface area contributed by atoms with Crippen LogP contribution >= 0.6 is 0 Å². The van der Waals surface area contributed by atoms with Gasteiger partial charge in [-0.2, -0.15) is 0 Å². The Morgan fingerprint density at radius 2 is 1.71 bits per heavy atom. The Balaban J connectivity index is 1.47. The van der Waals surface area contributed by atoms with Crippen LogP contribution in [0.2, 0.25) is 0 Å². The highest BCUT2D eigenvalue weighted by atomic mass is 16.6. The number of nitro groups is 1. The number of rotatable bonds is 8. The van der Waals surface area contributed by atoms with Crippen molar-refractivity contribution in [2.45, 2.75) is 20.1 Å². The van der Waals surface area contributed by atoms with Crippen molar-refractivity contribution < 1.29 is 14.5 Å². The van der Waals surface area contributed by atoms with E-state index in [1.165, 1.54) is 17.7 Å². The van der Waals surface area contributed by atoms with Crippen molar-refractivity contribution in [3.63, 3.8) is 0 Å². The maximum atomic E-state index is 10.8. The summed E-state index contributed by atoms with van der Waals surface area (Å²) >= 11 is 0. The second-order valence-corrected chi connectivity index (χ2v) is 6.28. The van der Waals surface area contributed by atoms with Crippen molar-refractivity contribution in [1.82, 2.24) is 0 Å². The van der Waals surface area contributed by atoms with Crippen molar-refractivity contribution in [3.8, 4) is 5.75 Å². The number of hydrogen-bond donors (Lipinski definition) is 0. The molecule has 0 N–H and O–H groups in total. The lowest BCUT2D eigenvalue weighted by Crippen LogP contribution is -1.95. The molecular weight excluding hydrogens is 356 g/mol. The molecule has 3 aromatic carbocycles. The molecule has 0 heterocycles. The van der Waals surface area contributed by atoms with Crippen molar-refractivity contribution in [1.29, 1.82) is 0 Å². The van der Waals surface area contributed by atoms with Gasteiger partial charge in [-0.15, -0.1) is 0 Å². The Bertz CT molecular complexity index is 951. The van der Waals surface area contributed by atoms with Gasteiger partial charge in [0.15, 0.2) is 0 Å². The van der Waals surface area contributed by atoms with Crippen LogP contribution in [0, 0.1) is 17.0 Å². The Hall–Kier alpha value is -3.67. The number of ether oxygens (including phenoxy) is 1. The van der Waals surface area contributed by atoms with Gasteiger partial charge < -0.3 is 9.57 Å². The number of oxime groups is 1. The molecule has 3 rings (SSSR count). The number of aryl methyl sites for hydroxylation is 1. The summed E-state index contributed by atoms with van der Waals surface area (Å²) in [6.07, 6.45) is 1.58. The van der Waals surface area contributed by atoms with E-state index >= 15 is 0 Å². The molecule has 0 bridgehead atoms. The van der Waals surface area contributed by atoms with Crippen molar-refractivity contribution in [3.05, 3.63) is 105 Å². The highest BCUT2D eigenvalue weighted by molar-refractivity contribution is 5.79. The van der Waals surface area contributed by atoms with Crippen molar-refractivity contribution in [2.24, 2.45) is 5.16 Å². The van der Waals surface area contributed by atoms with E-state index < -0.39 is 4.92 Å². The zero-order chi connectivity index (χ0) is 19.8. The molecule has 0 unspecified atom stereocenters. The average Bonchev–Trinajstić information content (AvgIpc) is 2.72. The molecule has 0 amide bonds. The molecule has 0 aliphatic rings. The van der Waals surface area contributed by atoms with Gasteiger partial charge in [0.05, 0.1) is 11.1 Å². The molecule has 0 saturated carbocycles. The Kier molecular flexibility index (Phi) is 6.36. The SMILES string of the molecule is Cc1ccc(COc2ccc(/C=N\OCc3cccc([N+](=O)[O-])c3)cc2)cc1. The van der Waals surface area contributed by atoms with E-state index in [9.17, 15) is 10.1 Å². The molecule has 28 heavy (non-hydrogen) atoms. The molecule has 0 aliphatic carbocycles. The summed E-state index contributed by atoms with van der Waals surface area (Å²) in [6, 6.07) is 22.0. The number of hydrogen-bond acceptors (Lipinski definition) is 5. The van der Waals surface area contributed by atoms with Crippen molar-refractivity contribution in [2.75, 3.05) is 0 Å². The topological polar surface area (TPSA) is 74.0 Å². The summed E-state index contributed by atoms with van der Waals surface area (Å²) in [6.45, 7) is 2.73. The maximum absolute atomic E-state index is 10.8. The third-order valence-corrected chi connectivity index (χ3v) is 4.04. The standard InChI is InChI=1S/C22H20N2O4/c1-17-5-7-19(8-6-17)15-27-22-11-9-18(10-12-22)14-23-28-16-20-3-2-4-21(13-20)24(25)26/h2-14H,15-16H2,1H3/b23-14-. The van der Waals surface area contributed by atoms with Gasteiger partial charge in [-0.05, 0) is 47.9 Å². The molecular formula is C22H20N2O4. The smallest absolute Gasteiger partial charge is 0.269 e. The molecule has 6 nitrogen and oxygen atoms in total. The summed E-state index contributed by atoms with van der Waals surface area (Å²) in [7, 11) is 0. The van der Waals surface area contributed by atoms with Crippen LogP contribution < -0.4 is 4.74 Å². The van der Waals surface area contributed by atoms with E-state index in [1.807, 2.05) is 24.3 Å². The molecule has 0 aliphatic heterocycles. The number of non-ortho nitro benzene ring substituents is 1. The van der Waals surface area contributed by atoms with Crippen LogP contribution in [-0.2, 0) is 18.1 Å². The summed E-state index contributed by atoms with van der Waals surface area (Å²) in [5, 5.41) is 14.7. The number of nitrogens with zero attached hydrogens (tertiary/aromatic N) is 2. The summed E-state index contributed by atoms with van der Waals surface area (Å²) in [5.41, 5.74) is 3.92. The van der Waals surface area contributed by atoms with Crippen LogP contribution in [0.25, 0.3) is 0 Å². The number of nitro benzene ring substituents is 1. The van der Waals surface area contributed by atoms with E-state index in [2.05, 4.69) is 36.3 Å². The molecule has 0 spiro atoms. The fourth-order valence-corrected chi connectivity index (χ4v) is 2.47. The Labute approximate surface area is 163 Å². The van der Waals surface area contributed by atoms with E-state index in [1.54, 1.807) is 18.3 Å². The number of benzene rings is 3. The van der Waals surface area contributed by atoms with Gasteiger partial charge in [-0.1, -0.05) is 47.1 Å². The summed E-state index contributed by atoms with van der Waals surface area (Å²) < 4.78 is 5.77. The molecule has 0 aromatic heterocycles. The second-order valence-electron chi connectivity index (χ2n) is 6.28. The van der Waals surface area contributed by atoms with Gasteiger partial charge in [-0.25, -0.2) is 0 Å². The maximum Gasteiger partial charge on any atom is 0.269 e. The minimum atomic E-state index is -0.435. The zero-order valence-electron chi connectivity index (χ0n) is 15.4. The highest BCUT2D eigenvalue weighted by Crippen LogP contribution is 2.15. The van der Waals surface area contributed by atoms with Crippen LogP contribution in [0.3, 0.4) is 0 Å². The van der Waals surface area contributed by atoms with Crippen LogP contribution in [0.15, 0.2) is 78.0 Å². The lowest BCUT2D eigenvalue weighted by atomic mass is 10.2. The van der Waals surface area contributed by atoms with E-state index in [0.717, 1.165) is 16.9 Å². The minimum Gasteiger partial charge on any atom is -0.489 e. The van der Waals surface area contributed by atoms with E-state index in [-0.39, 0.29) is 12.3 Å². The third kappa shape index (κ3) is 5.67. The highest BCUT2D eigenvalue weighted by Gasteiger charge is 2.05. The molecule has 142 valence electrons. The normalized spacial score (nSPS) is 10.8. The van der Waals surface area contributed by atoms with Crippen molar-refractivity contribution >= 4 is 11.9 Å². The predicted octanol–water partition coefficient (Wildman–Crippen LogP) is 5.03. The summed E-state index contributed by atoms with van der Waals surface area (Å²) in [4.78, 5) is 15.5. The van der Waals surface area contributed by atoms with Gasteiger partial charge in [0.2, 0.25) is 0 Å². The van der Waals surface area contributed by atoms with E-state index in [0.29, 0.717) is 12.2 Å². The lowest BCUT2D eigenvalue weighted by Gasteiger charge is -2.06. The van der Waals surface area contributed by atoms with Crippen LogP contribution in [0.1, 0.15) is 22.3 Å². The predicted molar refractivity (Wildman–Crippen MR) is 107 cm³/mol. The van der Waals surface area contributed by atoms with Gasteiger partial charge in [0.1, 0.15) is 19.0 Å². The fraction of sp³-hybridized carbons (Fsp3) is 0.136. The minimum absolute atomic E-state index is 0.0336. The molecule has 3 aromatic rings. The van der Waals surface area contributed by atoms with Gasteiger partial charge >= 0.3 is 0 Å². The average molecular weight is 376 g/mol. The van der Waals surface area contributed by atoms with Gasteiger partial charge in [0.25, 0.3) is 5.69 Å². The molecule has 0 atom stereocenters. The molecule has 6 heteroatoms. The van der Waals surface area contributed by atoms with Crippen LogP contribution in [-0.4, -0.2) is 11.1 Å². The van der Waals surface area contributed by atoms with Gasteiger partial charge in [0, 0.05) is 12.1 Å². The van der Waals surface area contributed by atoms with Gasteiger partial charge in [-0.3, -0.25) is 10.1 Å².